The van der Waals surface area contributed by atoms with Crippen LogP contribution in [0.15, 0.2) is 85.1 Å². The van der Waals surface area contributed by atoms with E-state index in [0.717, 1.165) is 33.4 Å². The summed E-state index contributed by atoms with van der Waals surface area (Å²) < 4.78 is 15.1. The lowest BCUT2D eigenvalue weighted by Crippen LogP contribution is -2.23. The van der Waals surface area contributed by atoms with Gasteiger partial charge in [-0.25, -0.2) is 14.1 Å². The molecule has 1 N–H and O–H groups in total. The maximum absolute atomic E-state index is 13.4. The normalized spacial score (nSPS) is 11.0. The van der Waals surface area contributed by atoms with Gasteiger partial charge < -0.3 is 5.32 Å². The SMILES string of the molecule is Cc1ccc(CNC(=O)c2cc(-c3cnn(-c4ccc(F)cc4)c3C)nc3ccccc23)cc1. The van der Waals surface area contributed by atoms with Gasteiger partial charge in [-0.3, -0.25) is 4.79 Å². The minimum Gasteiger partial charge on any atom is -0.348 e. The van der Waals surface area contributed by atoms with E-state index in [4.69, 9.17) is 4.98 Å². The van der Waals surface area contributed by atoms with E-state index in [2.05, 4.69) is 10.4 Å². The van der Waals surface area contributed by atoms with Crippen molar-refractivity contribution in [2.24, 2.45) is 0 Å². The second kappa shape index (κ2) is 8.90. The number of nitrogens with zero attached hydrogens (tertiary/aromatic N) is 3. The van der Waals surface area contributed by atoms with E-state index in [-0.39, 0.29) is 11.7 Å². The molecule has 0 aliphatic carbocycles. The molecular formula is C28H23FN4O. The van der Waals surface area contributed by atoms with E-state index in [9.17, 15) is 9.18 Å². The molecule has 3 aromatic carbocycles. The number of amides is 1. The van der Waals surface area contributed by atoms with Crippen molar-refractivity contribution in [3.63, 3.8) is 0 Å². The molecular weight excluding hydrogens is 427 g/mol. The number of carbonyl (C=O) groups is 1. The van der Waals surface area contributed by atoms with Crippen molar-refractivity contribution >= 4 is 16.8 Å². The van der Waals surface area contributed by atoms with Crippen molar-refractivity contribution in [2.45, 2.75) is 20.4 Å². The monoisotopic (exact) mass is 450 g/mol. The predicted molar refractivity (Wildman–Crippen MR) is 131 cm³/mol. The lowest BCUT2D eigenvalue weighted by atomic mass is 10.0. The number of benzene rings is 3. The average molecular weight is 451 g/mol. The highest BCUT2D eigenvalue weighted by molar-refractivity contribution is 6.07. The van der Waals surface area contributed by atoms with Gasteiger partial charge in [-0.05, 0) is 55.8 Å². The van der Waals surface area contributed by atoms with Gasteiger partial charge in [0, 0.05) is 17.5 Å². The summed E-state index contributed by atoms with van der Waals surface area (Å²) in [6, 6.07) is 23.7. The summed E-state index contributed by atoms with van der Waals surface area (Å²) in [5.74, 6) is -0.463. The van der Waals surface area contributed by atoms with E-state index >= 15 is 0 Å². The fraction of sp³-hybridized carbons (Fsp3) is 0.107. The van der Waals surface area contributed by atoms with E-state index in [1.807, 2.05) is 68.4 Å². The van der Waals surface area contributed by atoms with Gasteiger partial charge in [0.1, 0.15) is 5.82 Å². The summed E-state index contributed by atoms with van der Waals surface area (Å²) in [6.07, 6.45) is 1.73. The fourth-order valence-electron chi connectivity index (χ4n) is 3.99. The topological polar surface area (TPSA) is 59.8 Å². The van der Waals surface area contributed by atoms with Crippen LogP contribution in [-0.4, -0.2) is 20.7 Å². The van der Waals surface area contributed by atoms with Gasteiger partial charge >= 0.3 is 0 Å². The highest BCUT2D eigenvalue weighted by Crippen LogP contribution is 2.28. The molecule has 0 radical (unpaired) electrons. The van der Waals surface area contributed by atoms with E-state index in [1.165, 1.54) is 17.7 Å². The summed E-state index contributed by atoms with van der Waals surface area (Å²) in [6.45, 7) is 4.40. The Kier molecular flexibility index (Phi) is 5.64. The summed E-state index contributed by atoms with van der Waals surface area (Å²) in [4.78, 5) is 18.0. The van der Waals surface area contributed by atoms with Gasteiger partial charge in [-0.1, -0.05) is 48.0 Å². The van der Waals surface area contributed by atoms with Crippen LogP contribution in [0.3, 0.4) is 0 Å². The van der Waals surface area contributed by atoms with Gasteiger partial charge in [-0.15, -0.1) is 0 Å². The minimum atomic E-state index is -0.300. The van der Waals surface area contributed by atoms with Gasteiger partial charge in [-0.2, -0.15) is 5.10 Å². The maximum Gasteiger partial charge on any atom is 0.252 e. The van der Waals surface area contributed by atoms with Crippen LogP contribution in [0.5, 0.6) is 0 Å². The molecule has 0 atom stereocenters. The largest absolute Gasteiger partial charge is 0.348 e. The standard InChI is InChI=1S/C28H23FN4O/c1-18-7-9-20(10-8-18)16-30-28(34)24-15-27(32-26-6-4-3-5-23(24)26)25-17-31-33(19(25)2)22-13-11-21(29)12-14-22/h3-15,17H,16H2,1-2H3,(H,30,34). The summed E-state index contributed by atoms with van der Waals surface area (Å²) in [5.41, 5.74) is 6.57. The average Bonchev–Trinajstić information content (AvgIpc) is 3.24. The molecule has 2 heterocycles. The first-order valence-electron chi connectivity index (χ1n) is 11.0. The van der Waals surface area contributed by atoms with Crippen LogP contribution in [0.25, 0.3) is 27.8 Å². The quantitative estimate of drug-likeness (QED) is 0.370. The molecule has 5 rings (SSSR count). The zero-order chi connectivity index (χ0) is 23.7. The van der Waals surface area contributed by atoms with Gasteiger partial charge in [0.2, 0.25) is 0 Å². The Hall–Kier alpha value is -4.32. The molecule has 6 heteroatoms. The molecule has 1 amide bonds. The number of pyridine rings is 1. The third kappa shape index (κ3) is 4.18. The summed E-state index contributed by atoms with van der Waals surface area (Å²) in [5, 5.41) is 8.30. The van der Waals surface area contributed by atoms with Crippen LogP contribution in [0.1, 0.15) is 27.2 Å². The Balaban J connectivity index is 1.51. The Morgan fingerprint density at radius 1 is 0.971 bits per heavy atom. The lowest BCUT2D eigenvalue weighted by Gasteiger charge is -2.11. The van der Waals surface area contributed by atoms with Crippen LogP contribution < -0.4 is 5.32 Å². The number of aromatic nitrogens is 3. The molecule has 0 saturated heterocycles. The molecule has 5 aromatic rings. The molecule has 2 aromatic heterocycles. The van der Waals surface area contributed by atoms with Gasteiger partial charge in [0.15, 0.2) is 0 Å². The van der Waals surface area contributed by atoms with E-state index in [0.29, 0.717) is 17.8 Å². The predicted octanol–water partition coefficient (Wildman–Crippen LogP) is 5.77. The number of aryl methyl sites for hydroxylation is 1. The number of rotatable bonds is 5. The zero-order valence-corrected chi connectivity index (χ0v) is 18.9. The molecule has 0 saturated carbocycles. The van der Waals surface area contributed by atoms with Gasteiger partial charge in [0.25, 0.3) is 5.91 Å². The molecule has 34 heavy (non-hydrogen) atoms. The lowest BCUT2D eigenvalue weighted by molar-refractivity contribution is 0.0952. The molecule has 0 fully saturated rings. The number of nitrogens with one attached hydrogen (secondary N) is 1. The number of fused-ring (bicyclic) bond motifs is 1. The highest BCUT2D eigenvalue weighted by Gasteiger charge is 2.17. The van der Waals surface area contributed by atoms with Crippen molar-refractivity contribution in [2.75, 3.05) is 0 Å². The molecule has 0 aliphatic rings. The smallest absolute Gasteiger partial charge is 0.252 e. The van der Waals surface area contributed by atoms with E-state index in [1.54, 1.807) is 23.0 Å². The Bertz CT molecular complexity index is 1490. The van der Waals surface area contributed by atoms with Crippen molar-refractivity contribution in [3.05, 3.63) is 113 Å². The van der Waals surface area contributed by atoms with Crippen molar-refractivity contribution in [1.82, 2.24) is 20.1 Å². The van der Waals surface area contributed by atoms with Gasteiger partial charge in [0.05, 0.1) is 34.4 Å². The van der Waals surface area contributed by atoms with Crippen LogP contribution in [0.2, 0.25) is 0 Å². The van der Waals surface area contributed by atoms with Crippen molar-refractivity contribution in [3.8, 4) is 16.9 Å². The third-order valence-electron chi connectivity index (χ3n) is 5.89. The summed E-state index contributed by atoms with van der Waals surface area (Å²) >= 11 is 0. The Morgan fingerprint density at radius 2 is 1.71 bits per heavy atom. The first-order valence-corrected chi connectivity index (χ1v) is 11.0. The molecule has 0 unspecified atom stereocenters. The first-order chi connectivity index (χ1) is 16.5. The highest BCUT2D eigenvalue weighted by atomic mass is 19.1. The second-order valence-corrected chi connectivity index (χ2v) is 8.27. The number of carbonyl (C=O) groups excluding carboxylic acids is 1. The molecule has 0 aliphatic heterocycles. The van der Waals surface area contributed by atoms with Crippen LogP contribution in [-0.2, 0) is 6.54 Å². The molecule has 0 spiro atoms. The maximum atomic E-state index is 13.4. The number of para-hydroxylation sites is 1. The van der Waals surface area contributed by atoms with Crippen LogP contribution >= 0.6 is 0 Å². The summed E-state index contributed by atoms with van der Waals surface area (Å²) in [7, 11) is 0. The van der Waals surface area contributed by atoms with E-state index < -0.39 is 0 Å². The number of hydrogen-bond acceptors (Lipinski definition) is 3. The first kappa shape index (κ1) is 21.5. The second-order valence-electron chi connectivity index (χ2n) is 8.27. The Labute approximate surface area is 196 Å². The minimum absolute atomic E-state index is 0.163. The van der Waals surface area contributed by atoms with Crippen LogP contribution in [0.4, 0.5) is 4.39 Å². The third-order valence-corrected chi connectivity index (χ3v) is 5.89. The number of hydrogen-bond donors (Lipinski definition) is 1. The Morgan fingerprint density at radius 3 is 2.47 bits per heavy atom. The fourth-order valence-corrected chi connectivity index (χ4v) is 3.99. The van der Waals surface area contributed by atoms with Crippen molar-refractivity contribution in [1.29, 1.82) is 0 Å². The zero-order valence-electron chi connectivity index (χ0n) is 18.9. The van der Waals surface area contributed by atoms with Crippen LogP contribution in [0, 0.1) is 19.7 Å². The van der Waals surface area contributed by atoms with Crippen molar-refractivity contribution < 1.29 is 9.18 Å². The number of halogens is 1. The molecule has 0 bridgehead atoms. The molecule has 5 nitrogen and oxygen atoms in total. The molecule has 168 valence electrons.